The Morgan fingerprint density at radius 2 is 2.12 bits per heavy atom. The zero-order valence-corrected chi connectivity index (χ0v) is 14.7. The molecule has 1 amide bonds. The van der Waals surface area contributed by atoms with Crippen LogP contribution in [0.4, 0.5) is 5.82 Å². The van der Waals surface area contributed by atoms with E-state index in [0.717, 1.165) is 25.0 Å². The van der Waals surface area contributed by atoms with Crippen molar-refractivity contribution in [2.45, 2.75) is 31.2 Å². The van der Waals surface area contributed by atoms with E-state index in [1.165, 1.54) is 6.20 Å². The fraction of sp³-hybridized carbons (Fsp3) is 0.500. The van der Waals surface area contributed by atoms with Crippen LogP contribution in [0.15, 0.2) is 24.9 Å². The summed E-state index contributed by atoms with van der Waals surface area (Å²) in [7, 11) is 1.94. The topological polar surface area (TPSA) is 99.7 Å². The summed E-state index contributed by atoms with van der Waals surface area (Å²) in [5.41, 5.74) is 1.25. The summed E-state index contributed by atoms with van der Waals surface area (Å²) in [6.45, 7) is 1.28. The van der Waals surface area contributed by atoms with Crippen LogP contribution in [0.25, 0.3) is 0 Å². The first-order chi connectivity index (χ1) is 12.6. The highest BCUT2D eigenvalue weighted by Gasteiger charge is 2.40. The van der Waals surface area contributed by atoms with Gasteiger partial charge in [0.25, 0.3) is 0 Å². The molecule has 4 rings (SSSR count). The molecule has 8 nitrogen and oxygen atoms in total. The molecular weight excluding hydrogens is 330 g/mol. The van der Waals surface area contributed by atoms with Crippen molar-refractivity contribution in [3.8, 4) is 6.07 Å². The summed E-state index contributed by atoms with van der Waals surface area (Å²) >= 11 is 0. The number of carbonyl (C=O) groups excluding carboxylic acids is 1. The van der Waals surface area contributed by atoms with Crippen molar-refractivity contribution >= 4 is 11.7 Å². The first kappa shape index (κ1) is 16.5. The number of aryl methyl sites for hydroxylation is 1. The number of aromatic nitrogens is 4. The number of rotatable bonds is 4. The Hall–Kier alpha value is -2.95. The highest BCUT2D eigenvalue weighted by atomic mass is 16.2. The van der Waals surface area contributed by atoms with E-state index in [4.69, 9.17) is 5.26 Å². The molecule has 2 aromatic heterocycles. The maximum absolute atomic E-state index is 12.7. The van der Waals surface area contributed by atoms with E-state index in [9.17, 15) is 4.79 Å². The van der Waals surface area contributed by atoms with E-state index < -0.39 is 0 Å². The van der Waals surface area contributed by atoms with Gasteiger partial charge < -0.3 is 14.8 Å². The molecule has 2 aromatic rings. The van der Waals surface area contributed by atoms with Crippen LogP contribution < -0.4 is 5.32 Å². The van der Waals surface area contributed by atoms with Crippen molar-refractivity contribution < 1.29 is 4.79 Å². The minimum absolute atomic E-state index is 0.0103. The standard InChI is InChI=1S/C18H21N7O/c1-24-9-15(22-11-24)14-8-25(18(26)12-3-2-4-12)10-16(14)23-17-7-20-13(5-19)6-21-17/h6-7,9,11-12,14,16H,2-4,8,10H2,1H3,(H,21,23)/t14-,16+/m0/s1. The van der Waals surface area contributed by atoms with Gasteiger partial charge in [-0.1, -0.05) is 6.42 Å². The average molecular weight is 351 g/mol. The maximum atomic E-state index is 12.7. The lowest BCUT2D eigenvalue weighted by atomic mass is 9.84. The second-order valence-corrected chi connectivity index (χ2v) is 7.09. The van der Waals surface area contributed by atoms with Gasteiger partial charge in [-0.15, -0.1) is 0 Å². The highest BCUT2D eigenvalue weighted by molar-refractivity contribution is 5.80. The zero-order chi connectivity index (χ0) is 18.1. The Morgan fingerprint density at radius 1 is 1.27 bits per heavy atom. The third-order valence-corrected chi connectivity index (χ3v) is 5.29. The van der Waals surface area contributed by atoms with Crippen LogP contribution in [0.5, 0.6) is 0 Å². The number of nitrogens with zero attached hydrogens (tertiary/aromatic N) is 6. The van der Waals surface area contributed by atoms with Crippen LogP contribution >= 0.6 is 0 Å². The fourth-order valence-electron chi connectivity index (χ4n) is 3.62. The van der Waals surface area contributed by atoms with Gasteiger partial charge in [-0.25, -0.2) is 15.0 Å². The van der Waals surface area contributed by atoms with Crippen LogP contribution in [0.1, 0.15) is 36.6 Å². The second-order valence-electron chi connectivity index (χ2n) is 7.09. The van der Waals surface area contributed by atoms with Gasteiger partial charge in [0.15, 0.2) is 5.69 Å². The van der Waals surface area contributed by atoms with Crippen LogP contribution in [0.3, 0.4) is 0 Å². The third kappa shape index (κ3) is 3.12. The molecule has 1 saturated carbocycles. The van der Waals surface area contributed by atoms with Crippen LogP contribution in [-0.2, 0) is 11.8 Å². The Bertz CT molecular complexity index is 834. The van der Waals surface area contributed by atoms with Crippen molar-refractivity contribution in [1.29, 1.82) is 5.26 Å². The Kier molecular flexibility index (Phi) is 4.29. The van der Waals surface area contributed by atoms with E-state index >= 15 is 0 Å². The fourth-order valence-corrected chi connectivity index (χ4v) is 3.62. The number of nitriles is 1. The van der Waals surface area contributed by atoms with Gasteiger partial charge in [0.2, 0.25) is 5.91 Å². The average Bonchev–Trinajstić information content (AvgIpc) is 3.20. The number of hydrogen-bond acceptors (Lipinski definition) is 6. The lowest BCUT2D eigenvalue weighted by Gasteiger charge is -2.29. The molecular formula is C18H21N7O. The molecule has 3 heterocycles. The van der Waals surface area contributed by atoms with Crippen molar-refractivity contribution in [1.82, 2.24) is 24.4 Å². The molecule has 26 heavy (non-hydrogen) atoms. The minimum Gasteiger partial charge on any atom is -0.364 e. The van der Waals surface area contributed by atoms with E-state index in [0.29, 0.717) is 18.9 Å². The number of imidazole rings is 1. The molecule has 134 valence electrons. The minimum atomic E-state index is 0.0103. The van der Waals surface area contributed by atoms with Crippen molar-refractivity contribution in [2.75, 3.05) is 18.4 Å². The Labute approximate surface area is 151 Å². The van der Waals surface area contributed by atoms with Gasteiger partial charge in [-0.3, -0.25) is 4.79 Å². The summed E-state index contributed by atoms with van der Waals surface area (Å²) in [4.78, 5) is 27.5. The number of likely N-dealkylation sites (tertiary alicyclic amines) is 1. The number of nitrogens with one attached hydrogen (secondary N) is 1. The number of carbonyl (C=O) groups is 1. The first-order valence-electron chi connectivity index (χ1n) is 8.89. The molecule has 0 spiro atoms. The van der Waals surface area contributed by atoms with Gasteiger partial charge in [-0.2, -0.15) is 5.26 Å². The molecule has 2 aliphatic rings. The third-order valence-electron chi connectivity index (χ3n) is 5.29. The normalized spacial score (nSPS) is 22.7. The highest BCUT2D eigenvalue weighted by Crippen LogP contribution is 2.34. The number of hydrogen-bond donors (Lipinski definition) is 1. The predicted octanol–water partition coefficient (Wildman–Crippen LogP) is 1.29. The smallest absolute Gasteiger partial charge is 0.225 e. The molecule has 1 aliphatic carbocycles. The molecule has 0 bridgehead atoms. The monoisotopic (exact) mass is 351 g/mol. The van der Waals surface area contributed by atoms with E-state index in [1.807, 2.05) is 28.8 Å². The molecule has 2 atom stereocenters. The maximum Gasteiger partial charge on any atom is 0.225 e. The Morgan fingerprint density at radius 3 is 2.69 bits per heavy atom. The molecule has 1 saturated heterocycles. The summed E-state index contributed by atoms with van der Waals surface area (Å²) < 4.78 is 1.92. The summed E-state index contributed by atoms with van der Waals surface area (Å²) in [6, 6.07) is 1.98. The predicted molar refractivity (Wildman–Crippen MR) is 94.0 cm³/mol. The van der Waals surface area contributed by atoms with E-state index in [1.54, 1.807) is 12.5 Å². The lowest BCUT2D eigenvalue weighted by Crippen LogP contribution is -2.38. The summed E-state index contributed by atoms with van der Waals surface area (Å²) in [6.07, 6.45) is 9.95. The van der Waals surface area contributed by atoms with Gasteiger partial charge in [0, 0.05) is 38.2 Å². The van der Waals surface area contributed by atoms with Gasteiger partial charge in [-0.05, 0) is 12.8 Å². The van der Waals surface area contributed by atoms with Crippen molar-refractivity contribution in [2.24, 2.45) is 13.0 Å². The van der Waals surface area contributed by atoms with Gasteiger partial charge >= 0.3 is 0 Å². The van der Waals surface area contributed by atoms with E-state index in [-0.39, 0.29) is 29.5 Å². The first-order valence-corrected chi connectivity index (χ1v) is 8.89. The number of anilines is 1. The second kappa shape index (κ2) is 6.75. The van der Waals surface area contributed by atoms with Crippen LogP contribution in [-0.4, -0.2) is 49.5 Å². The molecule has 0 aromatic carbocycles. The molecule has 8 heteroatoms. The summed E-state index contributed by atoms with van der Waals surface area (Å²) in [5, 5.41) is 12.2. The summed E-state index contributed by atoms with van der Waals surface area (Å²) in [5.74, 6) is 1.14. The van der Waals surface area contributed by atoms with E-state index in [2.05, 4.69) is 20.3 Å². The van der Waals surface area contributed by atoms with Crippen LogP contribution in [0, 0.1) is 17.2 Å². The molecule has 2 fully saturated rings. The van der Waals surface area contributed by atoms with Crippen molar-refractivity contribution in [3.63, 3.8) is 0 Å². The number of amides is 1. The molecule has 1 N–H and O–H groups in total. The van der Waals surface area contributed by atoms with Gasteiger partial charge in [0.05, 0.1) is 30.5 Å². The molecule has 0 unspecified atom stereocenters. The zero-order valence-electron chi connectivity index (χ0n) is 14.7. The molecule has 1 aliphatic heterocycles. The lowest BCUT2D eigenvalue weighted by molar-refractivity contribution is -0.137. The molecule has 0 radical (unpaired) electrons. The van der Waals surface area contributed by atoms with Crippen molar-refractivity contribution in [3.05, 3.63) is 36.3 Å². The quantitative estimate of drug-likeness (QED) is 0.891. The Balaban J connectivity index is 1.54. The SMILES string of the molecule is Cn1cnc([C@@H]2CN(C(=O)C3CCC3)C[C@H]2Nc2cnc(C#N)cn2)c1. The largest absolute Gasteiger partial charge is 0.364 e. The van der Waals surface area contributed by atoms with Gasteiger partial charge in [0.1, 0.15) is 11.9 Å². The van der Waals surface area contributed by atoms with Crippen LogP contribution in [0.2, 0.25) is 0 Å².